The van der Waals surface area contributed by atoms with Crippen LogP contribution in [-0.2, 0) is 6.18 Å². The Bertz CT molecular complexity index is 1360. The molecule has 0 atom stereocenters. The molecule has 0 aliphatic carbocycles. The summed E-state index contributed by atoms with van der Waals surface area (Å²) in [6, 6.07) is 13.3. The fraction of sp³-hybridized carbons (Fsp3) is 0.217. The second kappa shape index (κ2) is 8.79. The van der Waals surface area contributed by atoms with Crippen molar-refractivity contribution in [3.63, 3.8) is 0 Å². The molecule has 3 aromatic rings. The highest BCUT2D eigenvalue weighted by Crippen LogP contribution is 2.36. The van der Waals surface area contributed by atoms with Crippen molar-refractivity contribution in [2.75, 3.05) is 41.7 Å². The van der Waals surface area contributed by atoms with Gasteiger partial charge in [-0.05, 0) is 18.2 Å². The minimum Gasteiger partial charge on any atom is -0.384 e. The SMILES string of the molecule is N#Cc1c(N)[nH]c(=O)c(C#N)c1-c1ccccc1N1CCN(c2ccc(C(F)(F)F)cn2)CC1. The van der Waals surface area contributed by atoms with E-state index in [0.29, 0.717) is 43.2 Å². The topological polar surface area (TPSA) is 126 Å². The Hall–Kier alpha value is -4.51. The highest BCUT2D eigenvalue weighted by Gasteiger charge is 2.31. The fourth-order valence-electron chi connectivity index (χ4n) is 3.99. The Morgan fingerprint density at radius 1 is 0.971 bits per heavy atom. The van der Waals surface area contributed by atoms with Crippen LogP contribution in [0.5, 0.6) is 0 Å². The average molecular weight is 465 g/mol. The number of benzene rings is 1. The molecule has 0 spiro atoms. The molecule has 1 aromatic carbocycles. The van der Waals surface area contributed by atoms with Gasteiger partial charge in [-0.1, -0.05) is 18.2 Å². The lowest BCUT2D eigenvalue weighted by Crippen LogP contribution is -2.47. The number of anilines is 3. The molecule has 8 nitrogen and oxygen atoms in total. The number of alkyl halides is 3. The van der Waals surface area contributed by atoms with Gasteiger partial charge in [-0.3, -0.25) is 4.79 Å². The molecule has 1 saturated heterocycles. The highest BCUT2D eigenvalue weighted by atomic mass is 19.4. The van der Waals surface area contributed by atoms with Crippen LogP contribution in [0.15, 0.2) is 47.4 Å². The summed E-state index contributed by atoms with van der Waals surface area (Å²) in [5.74, 6) is 0.330. The molecule has 0 amide bonds. The number of hydrogen-bond donors (Lipinski definition) is 2. The van der Waals surface area contributed by atoms with E-state index >= 15 is 0 Å². The van der Waals surface area contributed by atoms with Crippen LogP contribution in [0.1, 0.15) is 16.7 Å². The zero-order valence-electron chi connectivity index (χ0n) is 17.7. The lowest BCUT2D eigenvalue weighted by Gasteiger charge is -2.37. The van der Waals surface area contributed by atoms with Gasteiger partial charge in [0, 0.05) is 49.2 Å². The Kier molecular flexibility index (Phi) is 5.86. The first-order valence-electron chi connectivity index (χ1n) is 10.2. The van der Waals surface area contributed by atoms with Gasteiger partial charge in [0.15, 0.2) is 0 Å². The standard InChI is InChI=1S/C23H18F3N7O/c24-23(25,26)14-5-6-19(30-13-14)33-9-7-32(8-10-33)18-4-2-1-3-15(18)20-16(11-27)21(29)31-22(34)17(20)12-28/h1-6,13H,7-10H2,(H3,29,31,34). The van der Waals surface area contributed by atoms with Crippen LogP contribution in [-0.4, -0.2) is 36.1 Å². The fourth-order valence-corrected chi connectivity index (χ4v) is 3.99. The van der Waals surface area contributed by atoms with Gasteiger partial charge in [-0.2, -0.15) is 23.7 Å². The number of nitrogens with zero attached hydrogens (tertiary/aromatic N) is 5. The summed E-state index contributed by atoms with van der Waals surface area (Å²) in [4.78, 5) is 22.5. The van der Waals surface area contributed by atoms with Gasteiger partial charge < -0.3 is 20.5 Å². The molecular formula is C23H18F3N7O. The summed E-state index contributed by atoms with van der Waals surface area (Å²) in [5.41, 5.74) is 5.59. The van der Waals surface area contributed by atoms with Gasteiger partial charge in [0.2, 0.25) is 0 Å². The smallest absolute Gasteiger partial charge is 0.384 e. The summed E-state index contributed by atoms with van der Waals surface area (Å²) in [6.45, 7) is 1.98. The number of nitrogen functional groups attached to an aromatic ring is 1. The first-order chi connectivity index (χ1) is 16.2. The summed E-state index contributed by atoms with van der Waals surface area (Å²) in [5, 5.41) is 19.2. The van der Waals surface area contributed by atoms with Crippen LogP contribution < -0.4 is 21.1 Å². The van der Waals surface area contributed by atoms with E-state index in [0.717, 1.165) is 12.3 Å². The highest BCUT2D eigenvalue weighted by molar-refractivity contribution is 5.87. The van der Waals surface area contributed by atoms with E-state index in [1.54, 1.807) is 18.2 Å². The molecule has 0 saturated carbocycles. The molecule has 1 fully saturated rings. The molecule has 0 bridgehead atoms. The number of hydrogen-bond acceptors (Lipinski definition) is 7. The molecule has 11 heteroatoms. The first-order valence-corrected chi connectivity index (χ1v) is 10.2. The van der Waals surface area contributed by atoms with Crippen molar-refractivity contribution in [1.29, 1.82) is 10.5 Å². The van der Waals surface area contributed by atoms with Crippen LogP contribution in [0.25, 0.3) is 11.1 Å². The van der Waals surface area contributed by atoms with Crippen LogP contribution in [0.4, 0.5) is 30.5 Å². The second-order valence-corrected chi connectivity index (χ2v) is 7.61. The van der Waals surface area contributed by atoms with Crippen molar-refractivity contribution in [2.45, 2.75) is 6.18 Å². The van der Waals surface area contributed by atoms with E-state index in [4.69, 9.17) is 5.73 Å². The number of H-pyrrole nitrogens is 1. The summed E-state index contributed by atoms with van der Waals surface area (Å²) in [7, 11) is 0. The third-order valence-corrected chi connectivity index (χ3v) is 5.66. The van der Waals surface area contributed by atoms with Crippen molar-refractivity contribution >= 4 is 17.3 Å². The third-order valence-electron chi connectivity index (χ3n) is 5.66. The van der Waals surface area contributed by atoms with E-state index in [9.17, 15) is 28.5 Å². The van der Waals surface area contributed by atoms with Gasteiger partial charge in [-0.25, -0.2) is 4.98 Å². The number of piperazine rings is 1. The minimum atomic E-state index is -4.44. The number of rotatable bonds is 3. The van der Waals surface area contributed by atoms with E-state index in [1.165, 1.54) is 6.07 Å². The normalized spacial score (nSPS) is 13.9. The van der Waals surface area contributed by atoms with Crippen molar-refractivity contribution in [3.05, 3.63) is 69.6 Å². The van der Waals surface area contributed by atoms with Crippen molar-refractivity contribution in [3.8, 4) is 23.3 Å². The predicted molar refractivity (Wildman–Crippen MR) is 120 cm³/mol. The van der Waals surface area contributed by atoms with Crippen molar-refractivity contribution in [1.82, 2.24) is 9.97 Å². The van der Waals surface area contributed by atoms with E-state index in [2.05, 4.69) is 9.97 Å². The number of pyridine rings is 2. The molecule has 0 radical (unpaired) electrons. The molecule has 1 aliphatic rings. The maximum atomic E-state index is 12.8. The largest absolute Gasteiger partial charge is 0.417 e. The molecule has 1 aliphatic heterocycles. The quantitative estimate of drug-likeness (QED) is 0.609. The van der Waals surface area contributed by atoms with Crippen LogP contribution in [0, 0.1) is 22.7 Å². The number of nitrogens with two attached hydrogens (primary N) is 1. The maximum Gasteiger partial charge on any atom is 0.417 e. The maximum absolute atomic E-state index is 12.8. The van der Waals surface area contributed by atoms with Crippen LogP contribution >= 0.6 is 0 Å². The lowest BCUT2D eigenvalue weighted by atomic mass is 9.94. The lowest BCUT2D eigenvalue weighted by molar-refractivity contribution is -0.137. The third kappa shape index (κ3) is 4.11. The molecule has 0 unspecified atom stereocenters. The van der Waals surface area contributed by atoms with Gasteiger partial charge in [0.25, 0.3) is 5.56 Å². The molecule has 4 rings (SSSR count). The van der Waals surface area contributed by atoms with Crippen LogP contribution in [0.3, 0.4) is 0 Å². The van der Waals surface area contributed by atoms with Gasteiger partial charge in [0.05, 0.1) is 5.56 Å². The Labute approximate surface area is 192 Å². The number of aromatic nitrogens is 2. The predicted octanol–water partition coefficient (Wildman–Crippen LogP) is 3.11. The monoisotopic (exact) mass is 465 g/mol. The second-order valence-electron chi connectivity index (χ2n) is 7.61. The number of halogens is 3. The Morgan fingerprint density at radius 2 is 1.62 bits per heavy atom. The van der Waals surface area contributed by atoms with Crippen molar-refractivity contribution < 1.29 is 13.2 Å². The summed E-state index contributed by atoms with van der Waals surface area (Å²) >= 11 is 0. The number of para-hydroxylation sites is 1. The molecule has 172 valence electrons. The molecule has 3 heterocycles. The Morgan fingerprint density at radius 3 is 2.21 bits per heavy atom. The van der Waals surface area contributed by atoms with E-state index in [-0.39, 0.29) is 22.5 Å². The summed E-state index contributed by atoms with van der Waals surface area (Å²) in [6.07, 6.45) is -3.62. The average Bonchev–Trinajstić information content (AvgIpc) is 2.83. The zero-order chi connectivity index (χ0) is 24.5. The van der Waals surface area contributed by atoms with Crippen molar-refractivity contribution in [2.24, 2.45) is 0 Å². The molecule has 2 aromatic heterocycles. The number of nitrogens with one attached hydrogen (secondary N) is 1. The number of aromatic amines is 1. The van der Waals surface area contributed by atoms with E-state index < -0.39 is 17.3 Å². The number of nitriles is 2. The molecule has 3 N–H and O–H groups in total. The zero-order valence-corrected chi connectivity index (χ0v) is 17.7. The molecule has 34 heavy (non-hydrogen) atoms. The van der Waals surface area contributed by atoms with Gasteiger partial charge in [0.1, 0.15) is 34.9 Å². The van der Waals surface area contributed by atoms with E-state index in [1.807, 2.05) is 28.0 Å². The van der Waals surface area contributed by atoms with Gasteiger partial charge in [-0.15, -0.1) is 0 Å². The summed E-state index contributed by atoms with van der Waals surface area (Å²) < 4.78 is 38.4. The van der Waals surface area contributed by atoms with Gasteiger partial charge >= 0.3 is 6.18 Å². The minimum absolute atomic E-state index is 0.0104. The molecular weight excluding hydrogens is 447 g/mol. The first kappa shape index (κ1) is 22.7. The van der Waals surface area contributed by atoms with Crippen LogP contribution in [0.2, 0.25) is 0 Å². The Balaban J connectivity index is 1.64.